The standard InChI is InChI=1S/C29H32N6O2/c1-21-7-8-27(22(2)31-21)37-26-9-11-30-28(18-26)32-25-6-4-5-23(17-25)19-34-13-15-35(16-14-34)29(36)24-10-12-33(3)20-24/h4-12,17-18,20H,13-16,19H2,1-3H3,(H,30,32). The largest absolute Gasteiger partial charge is 0.455 e. The summed E-state index contributed by atoms with van der Waals surface area (Å²) in [5.74, 6) is 2.25. The summed E-state index contributed by atoms with van der Waals surface area (Å²) in [7, 11) is 1.93. The first kappa shape index (κ1) is 24.5. The molecule has 4 aromatic rings. The summed E-state index contributed by atoms with van der Waals surface area (Å²) < 4.78 is 7.95. The van der Waals surface area contributed by atoms with Crippen molar-refractivity contribution < 1.29 is 9.53 Å². The summed E-state index contributed by atoms with van der Waals surface area (Å²) in [6.45, 7) is 7.91. The van der Waals surface area contributed by atoms with Gasteiger partial charge in [-0.2, -0.15) is 0 Å². The zero-order valence-electron chi connectivity index (χ0n) is 21.5. The fourth-order valence-corrected chi connectivity index (χ4v) is 4.53. The molecule has 1 saturated heterocycles. The van der Waals surface area contributed by atoms with Crippen molar-refractivity contribution in [1.29, 1.82) is 0 Å². The van der Waals surface area contributed by atoms with Crippen molar-refractivity contribution in [1.82, 2.24) is 24.3 Å². The van der Waals surface area contributed by atoms with Gasteiger partial charge >= 0.3 is 0 Å². The number of hydrogen-bond acceptors (Lipinski definition) is 6. The molecule has 1 fully saturated rings. The highest BCUT2D eigenvalue weighted by molar-refractivity contribution is 5.94. The Labute approximate surface area is 217 Å². The zero-order chi connectivity index (χ0) is 25.8. The number of carbonyl (C=O) groups is 1. The van der Waals surface area contributed by atoms with E-state index in [1.54, 1.807) is 6.20 Å². The van der Waals surface area contributed by atoms with E-state index in [1.807, 2.05) is 79.2 Å². The number of rotatable bonds is 7. The Bertz CT molecular complexity index is 1390. The molecule has 1 aliphatic heterocycles. The number of nitrogens with zero attached hydrogens (tertiary/aromatic N) is 5. The number of benzene rings is 1. The van der Waals surface area contributed by atoms with Crippen LogP contribution in [-0.2, 0) is 13.6 Å². The summed E-state index contributed by atoms with van der Waals surface area (Å²) in [4.78, 5) is 26.0. The molecule has 0 unspecified atom stereocenters. The summed E-state index contributed by atoms with van der Waals surface area (Å²) in [6.07, 6.45) is 5.52. The van der Waals surface area contributed by atoms with Crippen LogP contribution < -0.4 is 10.1 Å². The Kier molecular flexibility index (Phi) is 7.18. The third-order valence-electron chi connectivity index (χ3n) is 6.48. The van der Waals surface area contributed by atoms with Gasteiger partial charge in [0.05, 0.1) is 11.3 Å². The first-order chi connectivity index (χ1) is 17.9. The Morgan fingerprint density at radius 2 is 1.86 bits per heavy atom. The molecule has 1 aliphatic rings. The number of aryl methyl sites for hydroxylation is 3. The quantitative estimate of drug-likeness (QED) is 0.391. The van der Waals surface area contributed by atoms with Crippen molar-refractivity contribution in [2.24, 2.45) is 7.05 Å². The third-order valence-corrected chi connectivity index (χ3v) is 6.48. The SMILES string of the molecule is Cc1ccc(Oc2ccnc(Nc3cccc(CN4CCN(C(=O)c5ccn(C)c5)CC4)c3)c2)c(C)n1. The highest BCUT2D eigenvalue weighted by atomic mass is 16.5. The maximum Gasteiger partial charge on any atom is 0.255 e. The normalized spacial score (nSPS) is 14.0. The van der Waals surface area contributed by atoms with Crippen LogP contribution >= 0.6 is 0 Å². The van der Waals surface area contributed by atoms with Crippen molar-refractivity contribution in [2.45, 2.75) is 20.4 Å². The van der Waals surface area contributed by atoms with Gasteiger partial charge in [0.1, 0.15) is 17.3 Å². The molecule has 1 aromatic carbocycles. The molecular formula is C29H32N6O2. The van der Waals surface area contributed by atoms with E-state index >= 15 is 0 Å². The minimum Gasteiger partial charge on any atom is -0.455 e. The van der Waals surface area contributed by atoms with Gasteiger partial charge in [0.15, 0.2) is 0 Å². The van der Waals surface area contributed by atoms with Gasteiger partial charge < -0.3 is 19.5 Å². The van der Waals surface area contributed by atoms with Crippen molar-refractivity contribution >= 4 is 17.4 Å². The Morgan fingerprint density at radius 1 is 1.03 bits per heavy atom. The lowest BCUT2D eigenvalue weighted by Crippen LogP contribution is -2.48. The van der Waals surface area contributed by atoms with Gasteiger partial charge in [-0.15, -0.1) is 0 Å². The van der Waals surface area contributed by atoms with Gasteiger partial charge in [0, 0.05) is 75.8 Å². The monoisotopic (exact) mass is 496 g/mol. The van der Waals surface area contributed by atoms with Gasteiger partial charge in [-0.3, -0.25) is 14.7 Å². The van der Waals surface area contributed by atoms with E-state index in [1.165, 1.54) is 5.56 Å². The number of pyridine rings is 2. The van der Waals surface area contributed by atoms with E-state index in [9.17, 15) is 4.79 Å². The van der Waals surface area contributed by atoms with Gasteiger partial charge in [-0.05, 0) is 55.8 Å². The van der Waals surface area contributed by atoms with Crippen LogP contribution in [0.15, 0.2) is 73.2 Å². The van der Waals surface area contributed by atoms with E-state index in [-0.39, 0.29) is 5.91 Å². The predicted octanol–water partition coefficient (Wildman–Crippen LogP) is 4.93. The van der Waals surface area contributed by atoms with Gasteiger partial charge in [-0.25, -0.2) is 4.98 Å². The summed E-state index contributed by atoms with van der Waals surface area (Å²) in [6, 6.07) is 17.8. The lowest BCUT2D eigenvalue weighted by molar-refractivity contribution is 0.0628. The first-order valence-electron chi connectivity index (χ1n) is 12.5. The second-order valence-electron chi connectivity index (χ2n) is 9.47. The van der Waals surface area contributed by atoms with E-state index in [0.717, 1.165) is 61.1 Å². The van der Waals surface area contributed by atoms with E-state index in [4.69, 9.17) is 4.74 Å². The molecule has 37 heavy (non-hydrogen) atoms. The number of aromatic nitrogens is 3. The fraction of sp³-hybridized carbons (Fsp3) is 0.276. The summed E-state index contributed by atoms with van der Waals surface area (Å²) >= 11 is 0. The molecule has 1 amide bonds. The highest BCUT2D eigenvalue weighted by Gasteiger charge is 2.22. The van der Waals surface area contributed by atoms with Crippen molar-refractivity contribution in [3.05, 3.63) is 95.7 Å². The molecule has 5 rings (SSSR count). The summed E-state index contributed by atoms with van der Waals surface area (Å²) in [5.41, 5.74) is 4.74. The predicted molar refractivity (Wildman–Crippen MR) is 144 cm³/mol. The number of carbonyl (C=O) groups excluding carboxylic acids is 1. The number of anilines is 2. The molecule has 4 heterocycles. The molecule has 8 nitrogen and oxygen atoms in total. The maximum absolute atomic E-state index is 12.7. The molecule has 0 atom stereocenters. The average Bonchev–Trinajstić information content (AvgIpc) is 3.32. The molecule has 0 radical (unpaired) electrons. The highest BCUT2D eigenvalue weighted by Crippen LogP contribution is 2.27. The molecule has 0 spiro atoms. The Balaban J connectivity index is 1.17. The number of ether oxygens (including phenoxy) is 1. The van der Waals surface area contributed by atoms with Crippen LogP contribution in [0.25, 0.3) is 0 Å². The van der Waals surface area contributed by atoms with Gasteiger partial charge in [0.25, 0.3) is 5.91 Å². The topological polar surface area (TPSA) is 75.5 Å². The molecular weight excluding hydrogens is 464 g/mol. The van der Waals surface area contributed by atoms with Crippen molar-refractivity contribution in [3.63, 3.8) is 0 Å². The molecule has 0 aliphatic carbocycles. The molecule has 190 valence electrons. The molecule has 1 N–H and O–H groups in total. The second kappa shape index (κ2) is 10.8. The molecule has 3 aromatic heterocycles. The van der Waals surface area contributed by atoms with Crippen molar-refractivity contribution in [3.8, 4) is 11.5 Å². The van der Waals surface area contributed by atoms with Crippen LogP contribution in [0.4, 0.5) is 11.5 Å². The Morgan fingerprint density at radius 3 is 2.62 bits per heavy atom. The van der Waals surface area contributed by atoms with Crippen LogP contribution in [0.3, 0.4) is 0 Å². The maximum atomic E-state index is 12.7. The smallest absolute Gasteiger partial charge is 0.255 e. The Hall–Kier alpha value is -4.17. The van der Waals surface area contributed by atoms with E-state index in [0.29, 0.717) is 11.6 Å². The average molecular weight is 497 g/mol. The van der Waals surface area contributed by atoms with Crippen molar-refractivity contribution in [2.75, 3.05) is 31.5 Å². The van der Waals surface area contributed by atoms with E-state index in [2.05, 4.69) is 38.4 Å². The second-order valence-corrected chi connectivity index (χ2v) is 9.47. The zero-order valence-corrected chi connectivity index (χ0v) is 21.5. The van der Waals surface area contributed by atoms with Crippen LogP contribution in [-0.4, -0.2) is 56.4 Å². The first-order valence-corrected chi connectivity index (χ1v) is 12.5. The van der Waals surface area contributed by atoms with Crippen LogP contribution in [0.2, 0.25) is 0 Å². The molecule has 0 saturated carbocycles. The molecule has 8 heteroatoms. The minimum atomic E-state index is 0.110. The van der Waals surface area contributed by atoms with Crippen LogP contribution in [0.5, 0.6) is 11.5 Å². The lowest BCUT2D eigenvalue weighted by Gasteiger charge is -2.34. The van der Waals surface area contributed by atoms with Gasteiger partial charge in [0.2, 0.25) is 0 Å². The summed E-state index contributed by atoms with van der Waals surface area (Å²) in [5, 5.41) is 3.39. The fourth-order valence-electron chi connectivity index (χ4n) is 4.53. The number of nitrogens with one attached hydrogen (secondary N) is 1. The molecule has 0 bridgehead atoms. The number of hydrogen-bond donors (Lipinski definition) is 1. The van der Waals surface area contributed by atoms with Crippen LogP contribution in [0, 0.1) is 13.8 Å². The van der Waals surface area contributed by atoms with Gasteiger partial charge in [-0.1, -0.05) is 12.1 Å². The minimum absolute atomic E-state index is 0.110. The number of piperazine rings is 1. The van der Waals surface area contributed by atoms with E-state index < -0.39 is 0 Å². The lowest BCUT2D eigenvalue weighted by atomic mass is 10.1. The van der Waals surface area contributed by atoms with Crippen LogP contribution in [0.1, 0.15) is 27.3 Å². The number of amides is 1. The third kappa shape index (κ3) is 6.16.